The fourth-order valence-electron chi connectivity index (χ4n) is 1.66. The van der Waals surface area contributed by atoms with Gasteiger partial charge in [-0.25, -0.2) is 8.78 Å². The first-order chi connectivity index (χ1) is 7.05. The predicted molar refractivity (Wildman–Crippen MR) is 49.4 cm³/mol. The highest BCUT2D eigenvalue weighted by Crippen LogP contribution is 2.49. The molecule has 0 saturated heterocycles. The van der Waals surface area contributed by atoms with Gasteiger partial charge in [0.15, 0.2) is 0 Å². The van der Waals surface area contributed by atoms with E-state index < -0.39 is 23.0 Å². The molecule has 1 aliphatic rings. The van der Waals surface area contributed by atoms with Crippen LogP contribution in [0, 0.1) is 17.0 Å². The molecule has 1 aromatic carbocycles. The molecular formula is C11H10F2O2. The van der Waals surface area contributed by atoms with E-state index in [2.05, 4.69) is 0 Å². The first kappa shape index (κ1) is 10.1. The highest BCUT2D eigenvalue weighted by molar-refractivity contribution is 5.78. The number of hydrogen-bond donors (Lipinski definition) is 1. The highest BCUT2D eigenvalue weighted by atomic mass is 19.1. The molecule has 80 valence electrons. The number of aliphatic carboxylic acids is 1. The maximum Gasteiger partial charge on any atom is 0.309 e. The van der Waals surface area contributed by atoms with Gasteiger partial charge in [-0.1, -0.05) is 6.07 Å². The Hall–Kier alpha value is -1.45. The highest BCUT2D eigenvalue weighted by Gasteiger charge is 2.50. The van der Waals surface area contributed by atoms with Gasteiger partial charge in [0, 0.05) is 5.56 Å². The lowest BCUT2D eigenvalue weighted by Gasteiger charge is -2.10. The lowest BCUT2D eigenvalue weighted by atomic mass is 9.96. The third-order valence-electron chi connectivity index (χ3n) is 2.88. The molecule has 2 rings (SSSR count). The van der Waals surface area contributed by atoms with Crippen LogP contribution >= 0.6 is 0 Å². The monoisotopic (exact) mass is 212 g/mol. The quantitative estimate of drug-likeness (QED) is 0.835. The van der Waals surface area contributed by atoms with Gasteiger partial charge in [-0.05, 0) is 31.4 Å². The van der Waals surface area contributed by atoms with Crippen molar-refractivity contribution in [1.82, 2.24) is 0 Å². The van der Waals surface area contributed by atoms with Gasteiger partial charge >= 0.3 is 5.97 Å². The first-order valence-corrected chi connectivity index (χ1v) is 4.71. The van der Waals surface area contributed by atoms with Crippen molar-refractivity contribution >= 4 is 5.97 Å². The van der Waals surface area contributed by atoms with Crippen LogP contribution in [0.3, 0.4) is 0 Å². The molecule has 1 saturated carbocycles. The fraction of sp³-hybridized carbons (Fsp3) is 0.364. The van der Waals surface area contributed by atoms with Crippen LogP contribution in [0.4, 0.5) is 8.78 Å². The van der Waals surface area contributed by atoms with Crippen LogP contribution in [-0.2, 0) is 11.2 Å². The molecule has 1 N–H and O–H groups in total. The molecular weight excluding hydrogens is 202 g/mol. The molecule has 0 heterocycles. The molecule has 1 aromatic rings. The number of carboxylic acids is 1. The largest absolute Gasteiger partial charge is 0.481 e. The molecule has 4 heteroatoms. The molecule has 0 spiro atoms. The van der Waals surface area contributed by atoms with Gasteiger partial charge in [0.25, 0.3) is 0 Å². The number of rotatable bonds is 3. The van der Waals surface area contributed by atoms with Crippen molar-refractivity contribution in [2.24, 2.45) is 5.41 Å². The summed E-state index contributed by atoms with van der Waals surface area (Å²) in [7, 11) is 0. The van der Waals surface area contributed by atoms with Crippen molar-refractivity contribution in [2.75, 3.05) is 0 Å². The second-order valence-corrected chi connectivity index (χ2v) is 3.96. The minimum absolute atomic E-state index is 0.0547. The molecule has 2 nitrogen and oxygen atoms in total. The molecule has 1 aliphatic carbocycles. The van der Waals surface area contributed by atoms with Gasteiger partial charge in [0.05, 0.1) is 5.41 Å². The molecule has 15 heavy (non-hydrogen) atoms. The standard InChI is InChI=1S/C11H10F2O2/c12-8-2-1-3-9(13)7(8)6-11(4-5-11)10(14)15/h1-3H,4-6H2,(H,14,15). The molecule has 0 atom stereocenters. The first-order valence-electron chi connectivity index (χ1n) is 4.71. The van der Waals surface area contributed by atoms with Crippen molar-refractivity contribution in [3.8, 4) is 0 Å². The summed E-state index contributed by atoms with van der Waals surface area (Å²) < 4.78 is 26.5. The Balaban J connectivity index is 2.29. The number of carboxylic acid groups (broad SMARTS) is 1. The van der Waals surface area contributed by atoms with Gasteiger partial charge in [0.1, 0.15) is 11.6 Å². The van der Waals surface area contributed by atoms with Crippen molar-refractivity contribution in [2.45, 2.75) is 19.3 Å². The van der Waals surface area contributed by atoms with E-state index in [1.807, 2.05) is 0 Å². The van der Waals surface area contributed by atoms with E-state index in [4.69, 9.17) is 5.11 Å². The van der Waals surface area contributed by atoms with Crippen molar-refractivity contribution in [1.29, 1.82) is 0 Å². The third-order valence-corrected chi connectivity index (χ3v) is 2.88. The minimum Gasteiger partial charge on any atom is -0.481 e. The van der Waals surface area contributed by atoms with E-state index in [9.17, 15) is 13.6 Å². The Morgan fingerprint density at radius 2 is 1.87 bits per heavy atom. The topological polar surface area (TPSA) is 37.3 Å². The van der Waals surface area contributed by atoms with Crippen molar-refractivity contribution in [3.05, 3.63) is 35.4 Å². The van der Waals surface area contributed by atoms with Gasteiger partial charge in [0.2, 0.25) is 0 Å². The second-order valence-electron chi connectivity index (χ2n) is 3.96. The Morgan fingerprint density at radius 3 is 2.27 bits per heavy atom. The summed E-state index contributed by atoms with van der Waals surface area (Å²) in [6, 6.07) is 3.57. The van der Waals surface area contributed by atoms with Crippen molar-refractivity contribution in [3.63, 3.8) is 0 Å². The second kappa shape index (κ2) is 3.29. The zero-order valence-electron chi connectivity index (χ0n) is 7.96. The number of hydrogen-bond acceptors (Lipinski definition) is 1. The Morgan fingerprint density at radius 1 is 1.33 bits per heavy atom. The summed E-state index contributed by atoms with van der Waals surface area (Å²) in [5, 5.41) is 8.90. The third kappa shape index (κ3) is 1.71. The van der Waals surface area contributed by atoms with Crippen LogP contribution in [-0.4, -0.2) is 11.1 Å². The van der Waals surface area contributed by atoms with Crippen LogP contribution in [0.25, 0.3) is 0 Å². The lowest BCUT2D eigenvalue weighted by molar-refractivity contribution is -0.143. The van der Waals surface area contributed by atoms with E-state index in [1.165, 1.54) is 6.07 Å². The smallest absolute Gasteiger partial charge is 0.309 e. The van der Waals surface area contributed by atoms with Gasteiger partial charge in [-0.3, -0.25) is 4.79 Å². The van der Waals surface area contributed by atoms with Crippen LogP contribution in [0.5, 0.6) is 0 Å². The van der Waals surface area contributed by atoms with E-state index in [-0.39, 0.29) is 12.0 Å². The van der Waals surface area contributed by atoms with Crippen LogP contribution < -0.4 is 0 Å². The van der Waals surface area contributed by atoms with Crippen LogP contribution in [0.15, 0.2) is 18.2 Å². The maximum atomic E-state index is 13.2. The molecule has 0 unspecified atom stereocenters. The zero-order valence-corrected chi connectivity index (χ0v) is 7.96. The number of benzene rings is 1. The lowest BCUT2D eigenvalue weighted by Crippen LogP contribution is -2.19. The van der Waals surface area contributed by atoms with E-state index in [0.29, 0.717) is 12.8 Å². The maximum absolute atomic E-state index is 13.2. The van der Waals surface area contributed by atoms with E-state index in [1.54, 1.807) is 0 Å². The van der Waals surface area contributed by atoms with E-state index >= 15 is 0 Å². The molecule has 1 fully saturated rings. The molecule has 0 amide bonds. The minimum atomic E-state index is -0.967. The van der Waals surface area contributed by atoms with Gasteiger partial charge < -0.3 is 5.11 Å². The average molecular weight is 212 g/mol. The summed E-state index contributed by atoms with van der Waals surface area (Å²) in [5.41, 5.74) is -1.04. The van der Waals surface area contributed by atoms with Gasteiger partial charge in [-0.15, -0.1) is 0 Å². The summed E-state index contributed by atoms with van der Waals surface area (Å²) in [5.74, 6) is -2.30. The normalized spacial score (nSPS) is 17.5. The van der Waals surface area contributed by atoms with Gasteiger partial charge in [-0.2, -0.15) is 0 Å². The Kier molecular flexibility index (Phi) is 2.21. The van der Waals surface area contributed by atoms with E-state index in [0.717, 1.165) is 12.1 Å². The summed E-state index contributed by atoms with van der Waals surface area (Å²) >= 11 is 0. The van der Waals surface area contributed by atoms with Crippen molar-refractivity contribution < 1.29 is 18.7 Å². The number of carbonyl (C=O) groups is 1. The SMILES string of the molecule is O=C(O)C1(Cc2c(F)cccc2F)CC1. The molecule has 0 aromatic heterocycles. The summed E-state index contributed by atoms with van der Waals surface area (Å²) in [6.07, 6.45) is 0.938. The Bertz CT molecular complexity index is 391. The molecule has 0 bridgehead atoms. The zero-order chi connectivity index (χ0) is 11.1. The summed E-state index contributed by atoms with van der Waals surface area (Å²) in [4.78, 5) is 10.9. The molecule has 0 radical (unpaired) electrons. The molecule has 0 aliphatic heterocycles. The van der Waals surface area contributed by atoms with Crippen LogP contribution in [0.2, 0.25) is 0 Å². The van der Waals surface area contributed by atoms with Crippen LogP contribution in [0.1, 0.15) is 18.4 Å². The Labute approximate surface area is 85.5 Å². The average Bonchev–Trinajstić information content (AvgIpc) is 2.93. The predicted octanol–water partition coefficient (Wildman–Crippen LogP) is 2.37. The summed E-state index contributed by atoms with van der Waals surface area (Å²) in [6.45, 7) is 0. The fourth-order valence-corrected chi connectivity index (χ4v) is 1.66. The number of halogens is 2.